The first-order chi connectivity index (χ1) is 27.8. The molecule has 11 heteroatoms. The van der Waals surface area contributed by atoms with Crippen LogP contribution < -0.4 is 5.32 Å². The van der Waals surface area contributed by atoms with E-state index in [1.165, 1.54) is 25.8 Å². The van der Waals surface area contributed by atoms with Crippen molar-refractivity contribution >= 4 is 35.2 Å². The van der Waals surface area contributed by atoms with Gasteiger partial charge in [-0.25, -0.2) is 4.79 Å². The molecule has 6 rings (SSSR count). The van der Waals surface area contributed by atoms with E-state index in [4.69, 9.17) is 40.0 Å². The minimum atomic E-state index is -2.11. The fourth-order valence-corrected chi connectivity index (χ4v) is 8.44. The second-order valence-electron chi connectivity index (χ2n) is 13.7. The third kappa shape index (κ3) is 11.8. The van der Waals surface area contributed by atoms with Crippen LogP contribution in [0, 0.1) is 0 Å². The Kier molecular flexibility index (Phi) is 15.7. The number of rotatable bonds is 19. The third-order valence-electron chi connectivity index (χ3n) is 9.48. The van der Waals surface area contributed by atoms with Crippen molar-refractivity contribution in [2.45, 2.75) is 79.0 Å². The first-order valence-electron chi connectivity index (χ1n) is 18.9. The Hall–Kier alpha value is -4.52. The van der Waals surface area contributed by atoms with E-state index in [9.17, 15) is 9.59 Å². The van der Waals surface area contributed by atoms with Gasteiger partial charge in [0.15, 0.2) is 0 Å². The number of methoxy groups -OCH3 is 1. The summed E-state index contributed by atoms with van der Waals surface area (Å²) in [5.41, 5.74) is 3.69. The van der Waals surface area contributed by atoms with Gasteiger partial charge in [0, 0.05) is 11.8 Å². The van der Waals surface area contributed by atoms with Crippen LogP contribution in [0.1, 0.15) is 29.2 Å². The van der Waals surface area contributed by atoms with Crippen LogP contribution in [0.25, 0.3) is 0 Å². The topological polar surface area (TPSA) is 102 Å². The number of nitrogens with one attached hydrogen (secondary N) is 1. The average Bonchev–Trinajstić information content (AvgIpc) is 3.25. The van der Waals surface area contributed by atoms with Gasteiger partial charge < -0.3 is 33.7 Å². The van der Waals surface area contributed by atoms with Crippen molar-refractivity contribution in [1.82, 2.24) is 5.32 Å². The molecule has 0 aliphatic carbocycles. The number of amides is 1. The number of alkyl halides is 1. The minimum absolute atomic E-state index is 0.0685. The molecule has 298 valence electrons. The van der Waals surface area contributed by atoms with E-state index in [1.54, 1.807) is 0 Å². The van der Waals surface area contributed by atoms with Gasteiger partial charge in [0.2, 0.25) is 5.91 Å². The van der Waals surface area contributed by atoms with E-state index in [0.29, 0.717) is 6.61 Å². The number of hydrogen-bond donors (Lipinski definition) is 1. The molecule has 0 aromatic heterocycles. The summed E-state index contributed by atoms with van der Waals surface area (Å²) < 4.78 is 39.0. The van der Waals surface area contributed by atoms with Crippen molar-refractivity contribution in [2.75, 3.05) is 13.7 Å². The molecular weight excluding hydrogens is 762 g/mol. The highest BCUT2D eigenvalue weighted by Gasteiger charge is 2.62. The molecule has 0 bridgehead atoms. The van der Waals surface area contributed by atoms with Gasteiger partial charge in [-0.1, -0.05) is 151 Å². The van der Waals surface area contributed by atoms with Crippen LogP contribution in [0.15, 0.2) is 157 Å². The number of hydrogen-bond acceptors (Lipinski definition) is 9. The summed E-state index contributed by atoms with van der Waals surface area (Å²) in [5.74, 6) is -1.16. The zero-order chi connectivity index (χ0) is 39.9. The number of benzene rings is 5. The molecule has 0 spiro atoms. The monoisotopic (exact) mass is 809 g/mol. The van der Waals surface area contributed by atoms with Gasteiger partial charge in [0.1, 0.15) is 18.3 Å². The lowest BCUT2D eigenvalue weighted by Gasteiger charge is -2.51. The van der Waals surface area contributed by atoms with Crippen LogP contribution in [0.2, 0.25) is 0 Å². The Balaban J connectivity index is 1.45. The first-order valence-corrected chi connectivity index (χ1v) is 20.1. The molecule has 1 aliphatic heterocycles. The van der Waals surface area contributed by atoms with Crippen LogP contribution in [0.4, 0.5) is 0 Å². The Labute approximate surface area is 343 Å². The lowest BCUT2D eigenvalue weighted by atomic mass is 9.88. The largest absolute Gasteiger partial charge is 0.466 e. The fourth-order valence-electron chi connectivity index (χ4n) is 6.71. The number of ether oxygens (including phenoxy) is 6. The maximum absolute atomic E-state index is 14.1. The van der Waals surface area contributed by atoms with Gasteiger partial charge in [-0.2, -0.15) is 0 Å². The van der Waals surface area contributed by atoms with E-state index >= 15 is 0 Å². The van der Waals surface area contributed by atoms with Crippen LogP contribution >= 0.6 is 23.4 Å². The number of thioether (sulfide) groups is 1. The van der Waals surface area contributed by atoms with Crippen LogP contribution in [-0.2, 0) is 64.4 Å². The van der Waals surface area contributed by atoms with Gasteiger partial charge in [0.25, 0.3) is 5.06 Å². The standard InChI is InChI=1S/C46H48ClNO8S/c1-33(49)48-40-42(56-46(47,45(50)51-2)44(57-38-26-16-7-17-27-38)43(40)55-31-37-24-14-6-15-25-37)41(54-30-36-22-12-5-13-23-36)39(53-29-35-20-10-4-11-21-35)32-52-28-34-18-8-3-9-19-34/h3-27,39-44H,28-32H2,1-2H3,(H,48,49)/t39-,40?,41-,42?,43?,44?,46?/m0/s1. The smallest absolute Gasteiger partial charge is 0.355 e. The highest BCUT2D eigenvalue weighted by molar-refractivity contribution is 8.00. The molecular formula is C46H48ClNO8S. The van der Waals surface area contributed by atoms with Crippen molar-refractivity contribution in [3.63, 3.8) is 0 Å². The summed E-state index contributed by atoms with van der Waals surface area (Å²) in [6.07, 6.45) is -3.82. The molecule has 1 heterocycles. The molecule has 1 amide bonds. The second-order valence-corrected chi connectivity index (χ2v) is 15.4. The molecule has 1 N–H and O–H groups in total. The lowest BCUT2D eigenvalue weighted by Crippen LogP contribution is -2.72. The lowest BCUT2D eigenvalue weighted by molar-refractivity contribution is -0.230. The summed E-state index contributed by atoms with van der Waals surface area (Å²) in [6.45, 7) is 2.31. The summed E-state index contributed by atoms with van der Waals surface area (Å²) >= 11 is 8.81. The third-order valence-corrected chi connectivity index (χ3v) is 11.5. The highest BCUT2D eigenvalue weighted by atomic mass is 35.5. The zero-order valence-corrected chi connectivity index (χ0v) is 33.6. The van der Waals surface area contributed by atoms with Crippen LogP contribution in [0.5, 0.6) is 0 Å². The molecule has 0 saturated carbocycles. The molecule has 0 radical (unpaired) electrons. The van der Waals surface area contributed by atoms with Crippen LogP contribution in [-0.4, -0.2) is 66.4 Å². The normalized spacial score (nSPS) is 21.6. The molecule has 9 nitrogen and oxygen atoms in total. The Bertz CT molecular complexity index is 1950. The Morgan fingerprint density at radius 2 is 1.18 bits per heavy atom. The molecule has 5 aromatic rings. The number of carbonyl (C=O) groups is 2. The maximum atomic E-state index is 14.1. The predicted molar refractivity (Wildman–Crippen MR) is 220 cm³/mol. The Morgan fingerprint density at radius 3 is 1.68 bits per heavy atom. The van der Waals surface area contributed by atoms with Gasteiger partial charge in [0.05, 0.1) is 57.5 Å². The summed E-state index contributed by atoms with van der Waals surface area (Å²) in [4.78, 5) is 28.1. The van der Waals surface area contributed by atoms with E-state index in [-0.39, 0.29) is 32.3 Å². The molecule has 1 fully saturated rings. The summed E-state index contributed by atoms with van der Waals surface area (Å²) in [6, 6.07) is 47.6. The predicted octanol–water partition coefficient (Wildman–Crippen LogP) is 8.13. The van der Waals surface area contributed by atoms with E-state index in [1.807, 2.05) is 152 Å². The highest BCUT2D eigenvalue weighted by Crippen LogP contribution is 2.47. The van der Waals surface area contributed by atoms with Crippen molar-refractivity contribution in [2.24, 2.45) is 0 Å². The molecule has 5 unspecified atom stereocenters. The van der Waals surface area contributed by atoms with Gasteiger partial charge in [-0.05, 0) is 34.4 Å². The Morgan fingerprint density at radius 1 is 0.702 bits per heavy atom. The number of esters is 1. The zero-order valence-electron chi connectivity index (χ0n) is 32.0. The van der Waals surface area contributed by atoms with Crippen molar-refractivity contribution < 1.29 is 38.0 Å². The summed E-state index contributed by atoms with van der Waals surface area (Å²) in [5, 5.41) is 0.0990. The molecule has 5 aromatic carbocycles. The van der Waals surface area contributed by atoms with Gasteiger partial charge in [-0.3, -0.25) is 4.79 Å². The van der Waals surface area contributed by atoms with Crippen molar-refractivity contribution in [3.8, 4) is 0 Å². The van der Waals surface area contributed by atoms with E-state index in [0.717, 1.165) is 27.1 Å². The molecule has 7 atom stereocenters. The average molecular weight is 810 g/mol. The molecule has 1 aliphatic rings. The van der Waals surface area contributed by atoms with Crippen molar-refractivity contribution in [3.05, 3.63) is 174 Å². The van der Waals surface area contributed by atoms with Gasteiger partial charge >= 0.3 is 5.97 Å². The summed E-state index contributed by atoms with van der Waals surface area (Å²) in [7, 11) is 1.27. The van der Waals surface area contributed by atoms with Crippen molar-refractivity contribution in [1.29, 1.82) is 0 Å². The molecule has 1 saturated heterocycles. The first kappa shape index (κ1) is 42.1. The number of carbonyl (C=O) groups excluding carboxylic acids is 2. The second kappa shape index (κ2) is 21.3. The van der Waals surface area contributed by atoms with Gasteiger partial charge in [-0.15, -0.1) is 11.8 Å². The fraction of sp³-hybridized carbons (Fsp3) is 0.304. The molecule has 57 heavy (non-hydrogen) atoms. The minimum Gasteiger partial charge on any atom is -0.466 e. The van der Waals surface area contributed by atoms with Crippen LogP contribution in [0.3, 0.4) is 0 Å². The van der Waals surface area contributed by atoms with E-state index in [2.05, 4.69) is 5.32 Å². The maximum Gasteiger partial charge on any atom is 0.355 e. The number of halogens is 1. The SMILES string of the molecule is COC(=O)C1(Cl)OC([C@@H](OCc2ccccc2)[C@H](COCc2ccccc2)OCc2ccccc2)C(NC(C)=O)C(OCc2ccccc2)C1Sc1ccccc1. The van der Waals surface area contributed by atoms with E-state index < -0.39 is 46.7 Å². The quantitative estimate of drug-likeness (QED) is 0.0655.